The molecule has 0 aliphatic heterocycles. The van der Waals surface area contributed by atoms with Gasteiger partial charge in [-0.2, -0.15) is 0 Å². The lowest BCUT2D eigenvalue weighted by molar-refractivity contribution is 0.181. The van der Waals surface area contributed by atoms with Gasteiger partial charge in [0.1, 0.15) is 0 Å². The Kier molecular flexibility index (Phi) is 4.00. The van der Waals surface area contributed by atoms with Gasteiger partial charge >= 0.3 is 0 Å². The van der Waals surface area contributed by atoms with Gasteiger partial charge in [0.15, 0.2) is 0 Å². The van der Waals surface area contributed by atoms with Crippen molar-refractivity contribution in [2.75, 3.05) is 13.7 Å². The molecule has 0 heterocycles. The fourth-order valence-electron chi connectivity index (χ4n) is 1.07. The van der Waals surface area contributed by atoms with Gasteiger partial charge in [0.05, 0.1) is 12.6 Å². The Bertz CT molecular complexity index is 271. The molecule has 0 saturated heterocycles. The first-order valence-electron chi connectivity index (χ1n) is 3.84. The molecule has 0 radical (unpaired) electrons. The van der Waals surface area contributed by atoms with E-state index >= 15 is 0 Å². The highest BCUT2D eigenvalue weighted by molar-refractivity contribution is 6.34. The van der Waals surface area contributed by atoms with Crippen molar-refractivity contribution in [1.29, 1.82) is 0 Å². The summed E-state index contributed by atoms with van der Waals surface area (Å²) in [6.45, 7) is 0.455. The number of ether oxygens (including phenoxy) is 1. The van der Waals surface area contributed by atoms with Crippen molar-refractivity contribution in [3.05, 3.63) is 33.8 Å². The van der Waals surface area contributed by atoms with Crippen molar-refractivity contribution in [3.63, 3.8) is 0 Å². The van der Waals surface area contributed by atoms with Crippen LogP contribution in [0.2, 0.25) is 10.0 Å². The Labute approximate surface area is 87.6 Å². The molecule has 72 valence electrons. The van der Waals surface area contributed by atoms with Crippen molar-refractivity contribution in [1.82, 2.24) is 0 Å². The minimum absolute atomic E-state index is 0.179. The van der Waals surface area contributed by atoms with Crippen LogP contribution in [0, 0.1) is 0 Å². The molecule has 0 unspecified atom stereocenters. The molecule has 0 aliphatic carbocycles. The van der Waals surface area contributed by atoms with Crippen molar-refractivity contribution >= 4 is 23.2 Å². The molecule has 4 heteroatoms. The normalized spacial score (nSPS) is 12.9. The second-order valence-electron chi connectivity index (χ2n) is 2.76. The largest absolute Gasteiger partial charge is 0.383 e. The lowest BCUT2D eigenvalue weighted by Gasteiger charge is -2.11. The summed E-state index contributed by atoms with van der Waals surface area (Å²) in [5.74, 6) is 0. The number of nitrogens with two attached hydrogens (primary N) is 1. The highest BCUT2D eigenvalue weighted by Gasteiger charge is 2.06. The monoisotopic (exact) mass is 219 g/mol. The zero-order valence-corrected chi connectivity index (χ0v) is 8.77. The molecule has 2 nitrogen and oxygen atoms in total. The van der Waals surface area contributed by atoms with Crippen molar-refractivity contribution < 1.29 is 4.74 Å². The average molecular weight is 220 g/mol. The van der Waals surface area contributed by atoms with E-state index in [9.17, 15) is 0 Å². The van der Waals surface area contributed by atoms with Gasteiger partial charge in [-0.3, -0.25) is 0 Å². The molecule has 0 amide bonds. The van der Waals surface area contributed by atoms with E-state index in [1.165, 1.54) is 0 Å². The molecular formula is C9H11Cl2NO. The van der Waals surface area contributed by atoms with Crippen LogP contribution in [-0.4, -0.2) is 13.7 Å². The average Bonchev–Trinajstić information content (AvgIpc) is 2.03. The summed E-state index contributed by atoms with van der Waals surface area (Å²) in [7, 11) is 1.60. The van der Waals surface area contributed by atoms with Crippen LogP contribution in [0.25, 0.3) is 0 Å². The predicted octanol–water partition coefficient (Wildman–Crippen LogP) is 2.64. The van der Waals surface area contributed by atoms with Gasteiger partial charge in [-0.25, -0.2) is 0 Å². The Balaban J connectivity index is 2.87. The first-order chi connectivity index (χ1) is 6.13. The highest BCUT2D eigenvalue weighted by atomic mass is 35.5. The van der Waals surface area contributed by atoms with Gasteiger partial charge in [-0.15, -0.1) is 0 Å². The molecule has 0 fully saturated rings. The van der Waals surface area contributed by atoms with Crippen LogP contribution in [0.4, 0.5) is 0 Å². The fourth-order valence-corrected chi connectivity index (χ4v) is 1.61. The third-order valence-corrected chi connectivity index (χ3v) is 2.10. The van der Waals surface area contributed by atoms with Crippen LogP contribution in [0.5, 0.6) is 0 Å². The molecule has 0 saturated carbocycles. The van der Waals surface area contributed by atoms with E-state index in [1.54, 1.807) is 25.3 Å². The number of halogens is 2. The van der Waals surface area contributed by atoms with E-state index in [4.69, 9.17) is 33.7 Å². The van der Waals surface area contributed by atoms with E-state index in [1.807, 2.05) is 0 Å². The zero-order chi connectivity index (χ0) is 9.84. The van der Waals surface area contributed by atoms with Gasteiger partial charge in [0.2, 0.25) is 0 Å². The Hall–Kier alpha value is -0.280. The van der Waals surface area contributed by atoms with Crippen LogP contribution in [-0.2, 0) is 4.74 Å². The van der Waals surface area contributed by atoms with Crippen LogP contribution in [0.15, 0.2) is 18.2 Å². The van der Waals surface area contributed by atoms with Crippen LogP contribution >= 0.6 is 23.2 Å². The van der Waals surface area contributed by atoms with Gasteiger partial charge in [-0.05, 0) is 23.8 Å². The summed E-state index contributed by atoms with van der Waals surface area (Å²) >= 11 is 11.6. The molecule has 0 spiro atoms. The maximum Gasteiger partial charge on any atom is 0.0655 e. The van der Waals surface area contributed by atoms with Gasteiger partial charge < -0.3 is 10.5 Å². The topological polar surface area (TPSA) is 35.2 Å². The van der Waals surface area contributed by atoms with E-state index < -0.39 is 0 Å². The number of methoxy groups -OCH3 is 1. The van der Waals surface area contributed by atoms with E-state index in [2.05, 4.69) is 0 Å². The third-order valence-electron chi connectivity index (χ3n) is 1.66. The number of rotatable bonds is 3. The third kappa shape index (κ3) is 3.16. The van der Waals surface area contributed by atoms with Crippen LogP contribution < -0.4 is 5.73 Å². The quantitative estimate of drug-likeness (QED) is 0.849. The first-order valence-corrected chi connectivity index (χ1v) is 4.59. The number of hydrogen-bond acceptors (Lipinski definition) is 2. The van der Waals surface area contributed by atoms with Gasteiger partial charge in [-0.1, -0.05) is 23.2 Å². The van der Waals surface area contributed by atoms with Crippen LogP contribution in [0.1, 0.15) is 11.6 Å². The second kappa shape index (κ2) is 4.82. The summed E-state index contributed by atoms with van der Waals surface area (Å²) in [6, 6.07) is 5.07. The molecule has 1 atom stereocenters. The summed E-state index contributed by atoms with van der Waals surface area (Å²) in [6.07, 6.45) is 0. The second-order valence-corrected chi connectivity index (χ2v) is 3.64. The predicted molar refractivity (Wildman–Crippen MR) is 55.3 cm³/mol. The molecule has 1 rings (SSSR count). The molecule has 13 heavy (non-hydrogen) atoms. The highest BCUT2D eigenvalue weighted by Crippen LogP contribution is 2.22. The van der Waals surface area contributed by atoms with Crippen molar-refractivity contribution in [2.45, 2.75) is 6.04 Å². The van der Waals surface area contributed by atoms with E-state index in [0.29, 0.717) is 16.7 Å². The van der Waals surface area contributed by atoms with Crippen molar-refractivity contribution in [2.24, 2.45) is 5.73 Å². The Morgan fingerprint density at radius 2 is 1.85 bits per heavy atom. The van der Waals surface area contributed by atoms with Crippen LogP contribution in [0.3, 0.4) is 0 Å². The summed E-state index contributed by atoms with van der Waals surface area (Å²) < 4.78 is 4.93. The zero-order valence-electron chi connectivity index (χ0n) is 7.26. The smallest absolute Gasteiger partial charge is 0.0655 e. The molecule has 0 bridgehead atoms. The lowest BCUT2D eigenvalue weighted by Crippen LogP contribution is -2.15. The van der Waals surface area contributed by atoms with E-state index in [0.717, 1.165) is 5.56 Å². The lowest BCUT2D eigenvalue weighted by atomic mass is 10.1. The SMILES string of the molecule is COC[C@H](N)c1cc(Cl)cc(Cl)c1. The maximum atomic E-state index is 5.81. The molecule has 0 aliphatic rings. The summed E-state index contributed by atoms with van der Waals surface area (Å²) in [5, 5.41) is 1.18. The molecule has 0 aromatic heterocycles. The summed E-state index contributed by atoms with van der Waals surface area (Å²) in [4.78, 5) is 0. The van der Waals surface area contributed by atoms with E-state index in [-0.39, 0.29) is 6.04 Å². The standard InChI is InChI=1S/C9H11Cl2NO/c1-13-5-9(12)6-2-7(10)4-8(11)3-6/h2-4,9H,5,12H2,1H3/t9-/m0/s1. The Morgan fingerprint density at radius 3 is 2.31 bits per heavy atom. The fraction of sp³-hybridized carbons (Fsp3) is 0.333. The summed E-state index contributed by atoms with van der Waals surface area (Å²) in [5.41, 5.74) is 6.69. The molecule has 2 N–H and O–H groups in total. The Morgan fingerprint density at radius 1 is 1.31 bits per heavy atom. The maximum absolute atomic E-state index is 5.81. The molecule has 1 aromatic carbocycles. The van der Waals surface area contributed by atoms with Gasteiger partial charge in [0, 0.05) is 17.2 Å². The molecule has 1 aromatic rings. The number of benzene rings is 1. The minimum Gasteiger partial charge on any atom is -0.383 e. The first kappa shape index (κ1) is 10.8. The number of hydrogen-bond donors (Lipinski definition) is 1. The molecular weight excluding hydrogens is 209 g/mol. The van der Waals surface area contributed by atoms with Crippen molar-refractivity contribution in [3.8, 4) is 0 Å². The minimum atomic E-state index is -0.179. The van der Waals surface area contributed by atoms with Gasteiger partial charge in [0.25, 0.3) is 0 Å².